The number of nitrogens with one attached hydrogen (secondary N) is 1. The van der Waals surface area contributed by atoms with Crippen LogP contribution in [0.2, 0.25) is 0 Å². The van der Waals surface area contributed by atoms with Crippen molar-refractivity contribution in [2.75, 3.05) is 19.0 Å². The maximum Gasteiger partial charge on any atom is 0.332 e. The molecule has 0 aliphatic carbocycles. The lowest BCUT2D eigenvalue weighted by Gasteiger charge is -2.18. The number of ether oxygens (including phenoxy) is 2. The van der Waals surface area contributed by atoms with Crippen LogP contribution in [0.1, 0.15) is 13.8 Å². The average molecular weight is 249 g/mol. The molecular formula is C14H19NO3. The van der Waals surface area contributed by atoms with Crippen LogP contribution in [0.5, 0.6) is 5.75 Å². The van der Waals surface area contributed by atoms with E-state index in [1.807, 2.05) is 24.3 Å². The first kappa shape index (κ1) is 14.1. The number of rotatable bonds is 6. The molecule has 0 amide bonds. The van der Waals surface area contributed by atoms with Crippen LogP contribution in [0, 0.1) is 0 Å². The van der Waals surface area contributed by atoms with Crippen molar-refractivity contribution in [1.29, 1.82) is 0 Å². The molecule has 18 heavy (non-hydrogen) atoms. The highest BCUT2D eigenvalue weighted by Crippen LogP contribution is 2.19. The van der Waals surface area contributed by atoms with Gasteiger partial charge in [-0.2, -0.15) is 0 Å². The summed E-state index contributed by atoms with van der Waals surface area (Å²) in [6.45, 7) is 7.72. The fourth-order valence-corrected chi connectivity index (χ4v) is 1.49. The van der Waals surface area contributed by atoms with Gasteiger partial charge in [0.05, 0.1) is 13.7 Å². The van der Waals surface area contributed by atoms with E-state index in [2.05, 4.69) is 11.9 Å². The molecule has 0 aliphatic heterocycles. The number of carbonyl (C=O) groups excluding carboxylic acids is 1. The molecule has 1 atom stereocenters. The highest BCUT2D eigenvalue weighted by Gasteiger charge is 2.20. The van der Waals surface area contributed by atoms with E-state index < -0.39 is 6.04 Å². The summed E-state index contributed by atoms with van der Waals surface area (Å²) in [6, 6.07) is 6.82. The molecule has 0 bridgehead atoms. The van der Waals surface area contributed by atoms with Gasteiger partial charge in [0.15, 0.2) is 0 Å². The minimum Gasteiger partial charge on any atom is -0.497 e. The number of hydrogen-bond acceptors (Lipinski definition) is 4. The number of anilines is 1. The van der Waals surface area contributed by atoms with Crippen molar-refractivity contribution >= 4 is 11.7 Å². The molecule has 0 spiro atoms. The van der Waals surface area contributed by atoms with Crippen LogP contribution in [-0.4, -0.2) is 25.7 Å². The van der Waals surface area contributed by atoms with Gasteiger partial charge in [0.25, 0.3) is 0 Å². The Hall–Kier alpha value is -1.97. The van der Waals surface area contributed by atoms with Gasteiger partial charge in [-0.15, -0.1) is 0 Å². The van der Waals surface area contributed by atoms with Crippen LogP contribution >= 0.6 is 0 Å². The van der Waals surface area contributed by atoms with Gasteiger partial charge in [-0.05, 0) is 31.6 Å². The summed E-state index contributed by atoms with van der Waals surface area (Å²) in [4.78, 5) is 11.8. The molecule has 1 aromatic rings. The fourth-order valence-electron chi connectivity index (χ4n) is 1.49. The molecule has 1 unspecified atom stereocenters. The van der Waals surface area contributed by atoms with Crippen molar-refractivity contribution in [3.05, 3.63) is 36.4 Å². The molecule has 0 aromatic heterocycles. The summed E-state index contributed by atoms with van der Waals surface area (Å²) < 4.78 is 10.1. The summed E-state index contributed by atoms with van der Waals surface area (Å²) >= 11 is 0. The third kappa shape index (κ3) is 3.80. The normalized spacial score (nSPS) is 11.5. The van der Waals surface area contributed by atoms with Crippen LogP contribution < -0.4 is 10.1 Å². The minimum atomic E-state index is -0.544. The molecule has 0 saturated heterocycles. The van der Waals surface area contributed by atoms with E-state index in [1.54, 1.807) is 21.0 Å². The third-order valence-electron chi connectivity index (χ3n) is 2.40. The standard InChI is InChI=1S/C14H19NO3/c1-5-18-14(16)13(10(2)3)15-11-7-6-8-12(9-11)17-4/h6-9,13,15H,2,5H2,1,3-4H3. The first-order chi connectivity index (χ1) is 8.58. The zero-order valence-corrected chi connectivity index (χ0v) is 11.0. The van der Waals surface area contributed by atoms with Crippen LogP contribution in [0.25, 0.3) is 0 Å². The summed E-state index contributed by atoms with van der Waals surface area (Å²) in [7, 11) is 1.60. The SMILES string of the molecule is C=C(C)C(Nc1cccc(OC)c1)C(=O)OCC. The van der Waals surface area contributed by atoms with Gasteiger partial charge in [-0.25, -0.2) is 4.79 Å². The quantitative estimate of drug-likeness (QED) is 0.622. The lowest BCUT2D eigenvalue weighted by atomic mass is 10.1. The lowest BCUT2D eigenvalue weighted by Crippen LogP contribution is -2.32. The number of hydrogen-bond donors (Lipinski definition) is 1. The molecule has 0 heterocycles. The second-order valence-corrected chi connectivity index (χ2v) is 3.91. The van der Waals surface area contributed by atoms with Gasteiger partial charge in [0.2, 0.25) is 0 Å². The van der Waals surface area contributed by atoms with Gasteiger partial charge in [-0.3, -0.25) is 0 Å². The van der Waals surface area contributed by atoms with E-state index in [4.69, 9.17) is 9.47 Å². The monoisotopic (exact) mass is 249 g/mol. The highest BCUT2D eigenvalue weighted by molar-refractivity contribution is 5.82. The Kier molecular flexibility index (Phi) is 5.24. The Morgan fingerprint density at radius 1 is 1.50 bits per heavy atom. The van der Waals surface area contributed by atoms with E-state index >= 15 is 0 Å². The Labute approximate surface area is 108 Å². The molecule has 4 heteroatoms. The lowest BCUT2D eigenvalue weighted by molar-refractivity contribution is -0.143. The predicted octanol–water partition coefficient (Wildman–Crippen LogP) is 2.61. The summed E-state index contributed by atoms with van der Waals surface area (Å²) in [5.74, 6) is 0.400. The largest absolute Gasteiger partial charge is 0.497 e. The molecule has 1 N–H and O–H groups in total. The second-order valence-electron chi connectivity index (χ2n) is 3.91. The Bertz CT molecular complexity index is 429. The van der Waals surface area contributed by atoms with E-state index in [0.29, 0.717) is 12.2 Å². The number of benzene rings is 1. The predicted molar refractivity (Wildman–Crippen MR) is 71.9 cm³/mol. The minimum absolute atomic E-state index is 0.326. The van der Waals surface area contributed by atoms with Gasteiger partial charge in [-0.1, -0.05) is 12.6 Å². The smallest absolute Gasteiger partial charge is 0.332 e. The Morgan fingerprint density at radius 2 is 2.22 bits per heavy atom. The van der Waals surface area contributed by atoms with E-state index in [1.165, 1.54) is 0 Å². The molecule has 0 aliphatic rings. The van der Waals surface area contributed by atoms with Crippen molar-refractivity contribution in [2.24, 2.45) is 0 Å². The van der Waals surface area contributed by atoms with Crippen LogP contribution in [0.3, 0.4) is 0 Å². The average Bonchev–Trinajstić information content (AvgIpc) is 2.36. The molecule has 0 fully saturated rings. The van der Waals surface area contributed by atoms with E-state index in [-0.39, 0.29) is 5.97 Å². The topological polar surface area (TPSA) is 47.6 Å². The first-order valence-electron chi connectivity index (χ1n) is 5.81. The Morgan fingerprint density at radius 3 is 2.78 bits per heavy atom. The van der Waals surface area contributed by atoms with E-state index in [0.717, 1.165) is 11.4 Å². The summed E-state index contributed by atoms with van der Waals surface area (Å²) in [5.41, 5.74) is 1.49. The van der Waals surface area contributed by atoms with Gasteiger partial charge < -0.3 is 14.8 Å². The zero-order chi connectivity index (χ0) is 13.5. The Balaban J connectivity index is 2.82. The van der Waals surface area contributed by atoms with Crippen LogP contribution in [-0.2, 0) is 9.53 Å². The van der Waals surface area contributed by atoms with Crippen molar-refractivity contribution in [3.63, 3.8) is 0 Å². The van der Waals surface area contributed by atoms with Crippen LogP contribution in [0.4, 0.5) is 5.69 Å². The van der Waals surface area contributed by atoms with Crippen molar-refractivity contribution in [3.8, 4) is 5.75 Å². The molecular weight excluding hydrogens is 230 g/mol. The maximum atomic E-state index is 11.8. The molecule has 98 valence electrons. The fraction of sp³-hybridized carbons (Fsp3) is 0.357. The zero-order valence-electron chi connectivity index (χ0n) is 11.0. The van der Waals surface area contributed by atoms with Crippen molar-refractivity contribution in [1.82, 2.24) is 0 Å². The van der Waals surface area contributed by atoms with Gasteiger partial charge in [0, 0.05) is 11.8 Å². The first-order valence-corrected chi connectivity index (χ1v) is 5.81. The van der Waals surface area contributed by atoms with E-state index in [9.17, 15) is 4.79 Å². The van der Waals surface area contributed by atoms with Gasteiger partial charge in [0.1, 0.15) is 11.8 Å². The van der Waals surface area contributed by atoms with Crippen molar-refractivity contribution in [2.45, 2.75) is 19.9 Å². The molecule has 1 aromatic carbocycles. The highest BCUT2D eigenvalue weighted by atomic mass is 16.5. The summed E-state index contributed by atoms with van der Waals surface area (Å²) in [6.07, 6.45) is 0. The third-order valence-corrected chi connectivity index (χ3v) is 2.40. The number of carbonyl (C=O) groups is 1. The maximum absolute atomic E-state index is 11.8. The molecule has 0 radical (unpaired) electrons. The molecule has 0 saturated carbocycles. The van der Waals surface area contributed by atoms with Gasteiger partial charge >= 0.3 is 5.97 Å². The number of methoxy groups -OCH3 is 1. The molecule has 4 nitrogen and oxygen atoms in total. The van der Waals surface area contributed by atoms with Crippen molar-refractivity contribution < 1.29 is 14.3 Å². The molecule has 1 rings (SSSR count). The number of esters is 1. The second kappa shape index (κ2) is 6.69. The van der Waals surface area contributed by atoms with Crippen LogP contribution in [0.15, 0.2) is 36.4 Å². The summed E-state index contributed by atoms with van der Waals surface area (Å²) in [5, 5.41) is 3.08.